The van der Waals surface area contributed by atoms with Crippen LogP contribution in [0.5, 0.6) is 0 Å². The van der Waals surface area contributed by atoms with E-state index in [1.54, 1.807) is 20.0 Å². The van der Waals surface area contributed by atoms with Crippen molar-refractivity contribution in [2.24, 2.45) is 5.92 Å². The van der Waals surface area contributed by atoms with Crippen LogP contribution in [-0.4, -0.2) is 93.6 Å². The van der Waals surface area contributed by atoms with Gasteiger partial charge in [-0.25, -0.2) is 0 Å². The van der Waals surface area contributed by atoms with E-state index in [2.05, 4.69) is 29.2 Å². The Morgan fingerprint density at radius 3 is 2.47 bits per heavy atom. The minimum absolute atomic E-state index is 0.135. The standard InChI is InChI=1S/C25H40N6O3/c1-18(2)10-11-26-24(34)25(3)17-31-21(23(33)28(25)4)16-20(27-31)22(32)30-14-12-29(13-15-30)19-8-6-5-7-9-19/h16,18-19H,5-15,17H2,1-4H3,(H,26,34). The molecule has 4 rings (SSSR count). The highest BCUT2D eigenvalue weighted by Gasteiger charge is 2.46. The molecule has 3 amide bonds. The molecule has 1 saturated carbocycles. The molecule has 3 aliphatic rings. The third-order valence-electron chi connectivity index (χ3n) is 7.91. The molecule has 1 atom stereocenters. The minimum atomic E-state index is -1.06. The summed E-state index contributed by atoms with van der Waals surface area (Å²) in [5.41, 5.74) is -0.412. The largest absolute Gasteiger partial charge is 0.354 e. The van der Waals surface area contributed by atoms with Gasteiger partial charge in [0.2, 0.25) is 5.91 Å². The van der Waals surface area contributed by atoms with E-state index in [1.807, 2.05) is 4.90 Å². The number of hydrogen-bond donors (Lipinski definition) is 1. The van der Waals surface area contributed by atoms with E-state index in [0.29, 0.717) is 37.3 Å². The summed E-state index contributed by atoms with van der Waals surface area (Å²) in [5.74, 6) is -0.142. The molecule has 1 aromatic rings. The first kappa shape index (κ1) is 24.7. The van der Waals surface area contributed by atoms with Gasteiger partial charge in [-0.05, 0) is 32.1 Å². The summed E-state index contributed by atoms with van der Waals surface area (Å²) >= 11 is 0. The van der Waals surface area contributed by atoms with Crippen molar-refractivity contribution in [1.82, 2.24) is 29.8 Å². The number of rotatable bonds is 6. The van der Waals surface area contributed by atoms with Crippen LogP contribution < -0.4 is 5.32 Å². The van der Waals surface area contributed by atoms with Gasteiger partial charge in [0.1, 0.15) is 11.2 Å². The van der Waals surface area contributed by atoms with Crippen LogP contribution in [0.25, 0.3) is 0 Å². The van der Waals surface area contributed by atoms with Crippen molar-refractivity contribution in [3.63, 3.8) is 0 Å². The third-order valence-corrected chi connectivity index (χ3v) is 7.91. The Bertz CT molecular complexity index is 914. The van der Waals surface area contributed by atoms with Crippen molar-refractivity contribution >= 4 is 17.7 Å². The van der Waals surface area contributed by atoms with Gasteiger partial charge in [-0.3, -0.25) is 24.0 Å². The van der Waals surface area contributed by atoms with Crippen LogP contribution in [0.3, 0.4) is 0 Å². The monoisotopic (exact) mass is 472 g/mol. The SMILES string of the molecule is CC(C)CCNC(=O)C1(C)Cn2nc(C(=O)N3CCN(C4CCCCC4)CC3)cc2C(=O)N1C. The van der Waals surface area contributed by atoms with Crippen molar-refractivity contribution in [3.8, 4) is 0 Å². The number of fused-ring (bicyclic) bond motifs is 1. The molecule has 1 saturated heterocycles. The Labute approximate surface area is 202 Å². The van der Waals surface area contributed by atoms with Crippen LogP contribution in [0.4, 0.5) is 0 Å². The van der Waals surface area contributed by atoms with Crippen molar-refractivity contribution in [2.75, 3.05) is 39.8 Å². The van der Waals surface area contributed by atoms with Gasteiger partial charge in [-0.15, -0.1) is 0 Å². The minimum Gasteiger partial charge on any atom is -0.354 e. The zero-order valence-corrected chi connectivity index (χ0v) is 21.2. The van der Waals surface area contributed by atoms with E-state index in [4.69, 9.17) is 0 Å². The highest BCUT2D eigenvalue weighted by atomic mass is 16.2. The third kappa shape index (κ3) is 4.85. The number of aromatic nitrogens is 2. The Morgan fingerprint density at radius 2 is 1.82 bits per heavy atom. The lowest BCUT2D eigenvalue weighted by Gasteiger charge is -2.41. The van der Waals surface area contributed by atoms with Gasteiger partial charge in [0, 0.05) is 51.9 Å². The van der Waals surface area contributed by atoms with Crippen LogP contribution in [0.2, 0.25) is 0 Å². The molecule has 0 spiro atoms. The lowest BCUT2D eigenvalue weighted by Crippen LogP contribution is -2.62. The summed E-state index contributed by atoms with van der Waals surface area (Å²) in [7, 11) is 1.65. The van der Waals surface area contributed by atoms with E-state index < -0.39 is 5.54 Å². The molecule has 1 N–H and O–H groups in total. The van der Waals surface area contributed by atoms with Gasteiger partial charge >= 0.3 is 0 Å². The normalized spacial score (nSPS) is 24.4. The molecular formula is C25H40N6O3. The summed E-state index contributed by atoms with van der Waals surface area (Å²) in [6, 6.07) is 2.24. The summed E-state index contributed by atoms with van der Waals surface area (Å²) in [5, 5.41) is 7.45. The van der Waals surface area contributed by atoms with Crippen molar-refractivity contribution < 1.29 is 14.4 Å². The molecule has 3 heterocycles. The van der Waals surface area contributed by atoms with Crippen LogP contribution in [-0.2, 0) is 11.3 Å². The van der Waals surface area contributed by atoms with Crippen molar-refractivity contribution in [1.29, 1.82) is 0 Å². The highest BCUT2D eigenvalue weighted by Crippen LogP contribution is 2.27. The maximum atomic E-state index is 13.2. The van der Waals surface area contributed by atoms with Crippen LogP contribution in [0, 0.1) is 5.92 Å². The quantitative estimate of drug-likeness (QED) is 0.684. The molecule has 1 unspecified atom stereocenters. The fraction of sp³-hybridized carbons (Fsp3) is 0.760. The maximum Gasteiger partial charge on any atom is 0.274 e. The van der Waals surface area contributed by atoms with Gasteiger partial charge in [-0.2, -0.15) is 5.10 Å². The fourth-order valence-corrected chi connectivity index (χ4v) is 5.39. The maximum absolute atomic E-state index is 13.2. The lowest BCUT2D eigenvalue weighted by atomic mass is 9.94. The Kier molecular flexibility index (Phi) is 7.31. The van der Waals surface area contributed by atoms with Crippen LogP contribution in [0.15, 0.2) is 6.07 Å². The van der Waals surface area contributed by atoms with Gasteiger partial charge in [0.25, 0.3) is 11.8 Å². The molecule has 34 heavy (non-hydrogen) atoms. The van der Waals surface area contributed by atoms with E-state index in [0.717, 1.165) is 19.5 Å². The van der Waals surface area contributed by atoms with E-state index in [1.165, 1.54) is 41.7 Å². The molecule has 9 nitrogen and oxygen atoms in total. The van der Waals surface area contributed by atoms with Crippen LogP contribution in [0.1, 0.15) is 80.3 Å². The first-order chi connectivity index (χ1) is 16.2. The molecule has 2 aliphatic heterocycles. The summed E-state index contributed by atoms with van der Waals surface area (Å²) < 4.78 is 1.54. The zero-order valence-electron chi connectivity index (χ0n) is 21.2. The number of nitrogens with zero attached hydrogens (tertiary/aromatic N) is 5. The average molecular weight is 473 g/mol. The molecule has 2 fully saturated rings. The zero-order chi connectivity index (χ0) is 24.5. The Morgan fingerprint density at radius 1 is 1.15 bits per heavy atom. The summed E-state index contributed by atoms with van der Waals surface area (Å²) in [6.45, 7) is 9.90. The number of amides is 3. The number of likely N-dealkylation sites (N-methyl/N-ethyl adjacent to an activating group) is 1. The smallest absolute Gasteiger partial charge is 0.274 e. The van der Waals surface area contributed by atoms with Gasteiger partial charge in [-0.1, -0.05) is 33.1 Å². The summed E-state index contributed by atoms with van der Waals surface area (Å²) in [4.78, 5) is 45.2. The number of carbonyl (C=O) groups is 3. The van der Waals surface area contributed by atoms with E-state index in [-0.39, 0.29) is 30.0 Å². The second-order valence-electron chi connectivity index (χ2n) is 10.8. The molecule has 0 radical (unpaired) electrons. The molecule has 188 valence electrons. The number of piperazine rings is 1. The second-order valence-corrected chi connectivity index (χ2v) is 10.8. The van der Waals surface area contributed by atoms with Crippen molar-refractivity contribution in [3.05, 3.63) is 17.5 Å². The first-order valence-corrected chi connectivity index (χ1v) is 12.9. The fourth-order valence-electron chi connectivity index (χ4n) is 5.39. The second kappa shape index (κ2) is 10.1. The summed E-state index contributed by atoms with van der Waals surface area (Å²) in [6.07, 6.45) is 7.36. The predicted molar refractivity (Wildman–Crippen MR) is 130 cm³/mol. The van der Waals surface area contributed by atoms with Gasteiger partial charge < -0.3 is 15.1 Å². The lowest BCUT2D eigenvalue weighted by molar-refractivity contribution is -0.132. The van der Waals surface area contributed by atoms with E-state index >= 15 is 0 Å². The average Bonchev–Trinajstić information content (AvgIpc) is 3.26. The number of nitrogens with one attached hydrogen (secondary N) is 1. The molecular weight excluding hydrogens is 432 g/mol. The Balaban J connectivity index is 1.41. The van der Waals surface area contributed by atoms with E-state index in [9.17, 15) is 14.4 Å². The molecule has 9 heteroatoms. The number of hydrogen-bond acceptors (Lipinski definition) is 5. The van der Waals surface area contributed by atoms with Gasteiger partial charge in [0.15, 0.2) is 5.69 Å². The topological polar surface area (TPSA) is 90.8 Å². The van der Waals surface area contributed by atoms with Crippen molar-refractivity contribution in [2.45, 2.75) is 77.4 Å². The van der Waals surface area contributed by atoms with Gasteiger partial charge in [0.05, 0.1) is 6.54 Å². The molecule has 1 aliphatic carbocycles. The number of carbonyl (C=O) groups excluding carboxylic acids is 3. The molecule has 0 bridgehead atoms. The van der Waals surface area contributed by atoms with Crippen LogP contribution >= 0.6 is 0 Å². The molecule has 1 aromatic heterocycles. The predicted octanol–water partition coefficient (Wildman–Crippen LogP) is 1.98. The Hall–Kier alpha value is -2.42. The highest BCUT2D eigenvalue weighted by molar-refractivity contribution is 6.01. The molecule has 0 aromatic carbocycles. The first-order valence-electron chi connectivity index (χ1n) is 12.9.